The van der Waals surface area contributed by atoms with E-state index < -0.39 is 0 Å². The molecule has 1 aliphatic heterocycles. The Labute approximate surface area is 115 Å². The lowest BCUT2D eigenvalue weighted by molar-refractivity contribution is 0.0378. The second kappa shape index (κ2) is 7.96. The standard InChI is InChI=1S/C14H24N4O/c1-2-16-13-10-14(12-15-11-13)17-4-3-5-18-6-8-19-9-7-18/h10-12,16-17H,2-9H2,1H3. The van der Waals surface area contributed by atoms with Crippen LogP contribution in [0.2, 0.25) is 0 Å². The van der Waals surface area contributed by atoms with Crippen LogP contribution in [0, 0.1) is 0 Å². The van der Waals surface area contributed by atoms with Crippen molar-refractivity contribution in [1.29, 1.82) is 0 Å². The molecular formula is C14H24N4O. The van der Waals surface area contributed by atoms with Crippen LogP contribution in [0.5, 0.6) is 0 Å². The fourth-order valence-electron chi connectivity index (χ4n) is 2.20. The Morgan fingerprint density at radius 2 is 1.95 bits per heavy atom. The summed E-state index contributed by atoms with van der Waals surface area (Å²) in [4.78, 5) is 6.68. The zero-order chi connectivity index (χ0) is 13.3. The average Bonchev–Trinajstić information content (AvgIpc) is 2.46. The number of anilines is 2. The predicted molar refractivity (Wildman–Crippen MR) is 78.8 cm³/mol. The maximum Gasteiger partial charge on any atom is 0.0594 e. The van der Waals surface area contributed by atoms with Gasteiger partial charge in [0.05, 0.1) is 37.0 Å². The van der Waals surface area contributed by atoms with Crippen LogP contribution < -0.4 is 10.6 Å². The van der Waals surface area contributed by atoms with E-state index in [-0.39, 0.29) is 0 Å². The summed E-state index contributed by atoms with van der Waals surface area (Å²) in [7, 11) is 0. The minimum Gasteiger partial charge on any atom is -0.384 e. The van der Waals surface area contributed by atoms with Gasteiger partial charge in [-0.25, -0.2) is 0 Å². The Morgan fingerprint density at radius 3 is 2.68 bits per heavy atom. The molecule has 1 fully saturated rings. The van der Waals surface area contributed by atoms with E-state index in [1.807, 2.05) is 12.4 Å². The van der Waals surface area contributed by atoms with E-state index in [0.717, 1.165) is 63.7 Å². The van der Waals surface area contributed by atoms with E-state index in [9.17, 15) is 0 Å². The first-order chi connectivity index (χ1) is 9.38. The van der Waals surface area contributed by atoms with Crippen LogP contribution in [0.3, 0.4) is 0 Å². The van der Waals surface area contributed by atoms with Crippen LogP contribution >= 0.6 is 0 Å². The molecule has 0 radical (unpaired) electrons. The van der Waals surface area contributed by atoms with Crippen LogP contribution in [0.1, 0.15) is 13.3 Å². The number of hydrogen-bond donors (Lipinski definition) is 2. The number of nitrogens with zero attached hydrogens (tertiary/aromatic N) is 2. The molecule has 0 atom stereocenters. The largest absolute Gasteiger partial charge is 0.384 e. The van der Waals surface area contributed by atoms with Crippen molar-refractivity contribution in [2.24, 2.45) is 0 Å². The van der Waals surface area contributed by atoms with Gasteiger partial charge in [0.15, 0.2) is 0 Å². The zero-order valence-electron chi connectivity index (χ0n) is 11.7. The van der Waals surface area contributed by atoms with E-state index >= 15 is 0 Å². The summed E-state index contributed by atoms with van der Waals surface area (Å²) in [5.74, 6) is 0. The average molecular weight is 264 g/mol. The summed E-state index contributed by atoms with van der Waals surface area (Å²) in [5.41, 5.74) is 2.15. The summed E-state index contributed by atoms with van der Waals surface area (Å²) in [6.45, 7) is 9.01. The van der Waals surface area contributed by atoms with Crippen LogP contribution in [-0.2, 0) is 4.74 Å². The fraction of sp³-hybridized carbons (Fsp3) is 0.643. The van der Waals surface area contributed by atoms with Crippen molar-refractivity contribution < 1.29 is 4.74 Å². The summed E-state index contributed by atoms with van der Waals surface area (Å²) in [6, 6.07) is 2.10. The van der Waals surface area contributed by atoms with E-state index in [1.165, 1.54) is 0 Å². The van der Waals surface area contributed by atoms with Crippen molar-refractivity contribution >= 4 is 11.4 Å². The van der Waals surface area contributed by atoms with Crippen molar-refractivity contribution in [2.45, 2.75) is 13.3 Å². The summed E-state index contributed by atoms with van der Waals surface area (Å²) < 4.78 is 5.34. The molecule has 0 amide bonds. The molecule has 0 spiro atoms. The molecule has 1 aromatic rings. The minimum atomic E-state index is 0.877. The number of hydrogen-bond acceptors (Lipinski definition) is 5. The first kappa shape index (κ1) is 14.1. The van der Waals surface area contributed by atoms with Crippen molar-refractivity contribution in [3.63, 3.8) is 0 Å². The quantitative estimate of drug-likeness (QED) is 0.733. The van der Waals surface area contributed by atoms with E-state index in [1.54, 1.807) is 0 Å². The normalized spacial score (nSPS) is 16.3. The maximum absolute atomic E-state index is 5.34. The van der Waals surface area contributed by atoms with Crippen molar-refractivity contribution in [1.82, 2.24) is 9.88 Å². The third-order valence-corrected chi connectivity index (χ3v) is 3.20. The van der Waals surface area contributed by atoms with Gasteiger partial charge in [0.1, 0.15) is 0 Å². The molecule has 5 nitrogen and oxygen atoms in total. The molecule has 106 valence electrons. The molecule has 2 N–H and O–H groups in total. The first-order valence-corrected chi connectivity index (χ1v) is 7.11. The topological polar surface area (TPSA) is 49.4 Å². The second-order valence-corrected chi connectivity index (χ2v) is 4.73. The molecule has 19 heavy (non-hydrogen) atoms. The van der Waals surface area contributed by atoms with Crippen LogP contribution in [0.15, 0.2) is 18.5 Å². The lowest BCUT2D eigenvalue weighted by Crippen LogP contribution is -2.37. The van der Waals surface area contributed by atoms with E-state index in [0.29, 0.717) is 0 Å². The molecule has 5 heteroatoms. The third-order valence-electron chi connectivity index (χ3n) is 3.20. The van der Waals surface area contributed by atoms with Gasteiger partial charge >= 0.3 is 0 Å². The Balaban J connectivity index is 1.65. The molecule has 2 rings (SSSR count). The molecule has 1 saturated heterocycles. The van der Waals surface area contributed by atoms with E-state index in [2.05, 4.69) is 33.5 Å². The Kier molecular flexibility index (Phi) is 5.91. The summed E-state index contributed by atoms with van der Waals surface area (Å²) in [6.07, 6.45) is 4.86. The molecule has 0 aliphatic carbocycles. The highest BCUT2D eigenvalue weighted by Gasteiger charge is 2.08. The molecule has 0 unspecified atom stereocenters. The van der Waals surface area contributed by atoms with Gasteiger partial charge in [-0.2, -0.15) is 0 Å². The first-order valence-electron chi connectivity index (χ1n) is 7.11. The van der Waals surface area contributed by atoms with Gasteiger partial charge in [-0.1, -0.05) is 0 Å². The number of morpholine rings is 1. The number of pyridine rings is 1. The molecule has 0 bridgehead atoms. The smallest absolute Gasteiger partial charge is 0.0594 e. The van der Waals surface area contributed by atoms with Gasteiger partial charge in [-0.3, -0.25) is 9.88 Å². The van der Waals surface area contributed by atoms with Gasteiger partial charge in [-0.05, 0) is 26.0 Å². The number of nitrogens with one attached hydrogen (secondary N) is 2. The Morgan fingerprint density at radius 1 is 1.21 bits per heavy atom. The fourth-order valence-corrected chi connectivity index (χ4v) is 2.20. The van der Waals surface area contributed by atoms with Crippen molar-refractivity contribution in [2.75, 3.05) is 56.6 Å². The lowest BCUT2D eigenvalue weighted by atomic mass is 10.3. The number of rotatable bonds is 7. The second-order valence-electron chi connectivity index (χ2n) is 4.73. The van der Waals surface area contributed by atoms with Gasteiger partial charge in [0, 0.05) is 26.2 Å². The number of aromatic nitrogens is 1. The highest BCUT2D eigenvalue weighted by molar-refractivity contribution is 5.53. The third kappa shape index (κ3) is 5.04. The minimum absolute atomic E-state index is 0.877. The Bertz CT molecular complexity index is 366. The zero-order valence-corrected chi connectivity index (χ0v) is 11.7. The lowest BCUT2D eigenvalue weighted by Gasteiger charge is -2.26. The van der Waals surface area contributed by atoms with Crippen LogP contribution in [0.4, 0.5) is 11.4 Å². The van der Waals surface area contributed by atoms with Gasteiger partial charge < -0.3 is 15.4 Å². The van der Waals surface area contributed by atoms with Crippen LogP contribution in [0.25, 0.3) is 0 Å². The van der Waals surface area contributed by atoms with Gasteiger partial charge in [0.2, 0.25) is 0 Å². The molecule has 2 heterocycles. The highest BCUT2D eigenvalue weighted by atomic mass is 16.5. The maximum atomic E-state index is 5.34. The van der Waals surface area contributed by atoms with E-state index in [4.69, 9.17) is 4.74 Å². The van der Waals surface area contributed by atoms with Crippen molar-refractivity contribution in [3.05, 3.63) is 18.5 Å². The molecule has 1 aromatic heterocycles. The van der Waals surface area contributed by atoms with Gasteiger partial charge in [0.25, 0.3) is 0 Å². The van der Waals surface area contributed by atoms with Crippen LogP contribution in [-0.4, -0.2) is 55.8 Å². The molecule has 0 saturated carbocycles. The predicted octanol–water partition coefficient (Wildman–Crippen LogP) is 1.65. The Hall–Kier alpha value is -1.33. The van der Waals surface area contributed by atoms with Crippen molar-refractivity contribution in [3.8, 4) is 0 Å². The summed E-state index contributed by atoms with van der Waals surface area (Å²) in [5, 5.41) is 6.69. The monoisotopic (exact) mass is 264 g/mol. The van der Waals surface area contributed by atoms with Gasteiger partial charge in [-0.15, -0.1) is 0 Å². The SMILES string of the molecule is CCNc1cncc(NCCCN2CCOCC2)c1. The molecule has 1 aliphatic rings. The number of ether oxygens (including phenoxy) is 1. The highest BCUT2D eigenvalue weighted by Crippen LogP contribution is 2.12. The molecule has 0 aromatic carbocycles. The molecular weight excluding hydrogens is 240 g/mol. The summed E-state index contributed by atoms with van der Waals surface area (Å²) >= 11 is 0.